The highest BCUT2D eigenvalue weighted by Gasteiger charge is 2.50. The van der Waals surface area contributed by atoms with Crippen LogP contribution in [0.25, 0.3) is 0 Å². The molecule has 0 spiro atoms. The number of benzene rings is 2. The lowest BCUT2D eigenvalue weighted by Gasteiger charge is -2.43. The lowest BCUT2D eigenvalue weighted by atomic mass is 9.71. The molecule has 1 saturated heterocycles. The Kier molecular flexibility index (Phi) is 7.48. The van der Waals surface area contributed by atoms with Gasteiger partial charge in [0.2, 0.25) is 5.78 Å². The van der Waals surface area contributed by atoms with Crippen molar-refractivity contribution in [2.75, 3.05) is 13.7 Å². The molecule has 3 N–H and O–H groups in total. The summed E-state index contributed by atoms with van der Waals surface area (Å²) in [6.45, 7) is 6.11. The lowest BCUT2D eigenvalue weighted by molar-refractivity contribution is -0.217. The van der Waals surface area contributed by atoms with E-state index in [0.717, 1.165) is 0 Å². The first-order valence-corrected chi connectivity index (χ1v) is 12.0. The van der Waals surface area contributed by atoms with E-state index in [9.17, 15) is 29.7 Å². The third-order valence-electron chi connectivity index (χ3n) is 6.57. The summed E-state index contributed by atoms with van der Waals surface area (Å²) in [6.07, 6.45) is -3.82. The highest BCUT2D eigenvalue weighted by molar-refractivity contribution is 6.16. The molecule has 0 saturated carbocycles. The lowest BCUT2D eigenvalue weighted by Crippen LogP contribution is -2.58. The van der Waals surface area contributed by atoms with Crippen LogP contribution in [0.5, 0.6) is 17.2 Å². The third-order valence-corrected chi connectivity index (χ3v) is 6.57. The molecule has 1 aliphatic carbocycles. The number of phenols is 2. The average molecular weight is 527 g/mol. The number of fused-ring (bicyclic) bond motifs is 2. The third kappa shape index (κ3) is 4.97. The Balaban J connectivity index is 1.87. The summed E-state index contributed by atoms with van der Waals surface area (Å²) in [7, 11) is 1.40. The number of aromatic hydroxyl groups is 2. The molecule has 2 aromatic carbocycles. The number of phenolic OH excluding ortho intramolecular Hbond substituents is 2. The van der Waals surface area contributed by atoms with Crippen molar-refractivity contribution in [3.8, 4) is 17.2 Å². The maximum atomic E-state index is 13.5. The number of hydrogen-bond acceptors (Lipinski definition) is 10. The molecule has 4 rings (SSSR count). The standard InChI is InChI=1S/C28H30O10/c1-12(2)6-21(32)38-27-20(37-14(4)29)11-36-28(26(27)34)22-16-7-13(3)8-18(30)23(16)25(33)24-17(22)9-15(35-5)10-19(24)31/h6-10,20,22,26-28,30-31,34H,11H2,1-5H3/t20-,22-,26+,27-,28+/m1/s1. The van der Waals surface area contributed by atoms with E-state index in [1.165, 1.54) is 32.2 Å². The van der Waals surface area contributed by atoms with Crippen molar-refractivity contribution in [1.29, 1.82) is 0 Å². The minimum atomic E-state index is -1.53. The Hall–Kier alpha value is -3.89. The van der Waals surface area contributed by atoms with Crippen LogP contribution in [-0.4, -0.2) is 71.2 Å². The maximum absolute atomic E-state index is 13.5. The van der Waals surface area contributed by atoms with Crippen LogP contribution in [0.4, 0.5) is 0 Å². The van der Waals surface area contributed by atoms with E-state index in [1.54, 1.807) is 32.9 Å². The number of aliphatic hydroxyl groups excluding tert-OH is 1. The number of ether oxygens (including phenoxy) is 4. The van der Waals surface area contributed by atoms with Gasteiger partial charge in [-0.25, -0.2) is 4.79 Å². The van der Waals surface area contributed by atoms with Crippen LogP contribution in [-0.2, 0) is 23.8 Å². The van der Waals surface area contributed by atoms with Crippen molar-refractivity contribution in [2.24, 2.45) is 0 Å². The number of methoxy groups -OCH3 is 1. The van der Waals surface area contributed by atoms with Crippen LogP contribution in [0, 0.1) is 6.92 Å². The normalized spacial score (nSPS) is 24.1. The predicted octanol–water partition coefficient (Wildman–Crippen LogP) is 2.66. The van der Waals surface area contributed by atoms with E-state index in [1.807, 2.05) is 0 Å². The number of carbonyl (C=O) groups excluding carboxylic acids is 3. The van der Waals surface area contributed by atoms with Crippen LogP contribution in [0.15, 0.2) is 35.9 Å². The monoisotopic (exact) mass is 526 g/mol. The number of carbonyl (C=O) groups is 3. The van der Waals surface area contributed by atoms with Gasteiger partial charge < -0.3 is 34.3 Å². The van der Waals surface area contributed by atoms with Crippen molar-refractivity contribution in [2.45, 2.75) is 58.0 Å². The summed E-state index contributed by atoms with van der Waals surface area (Å²) in [5.74, 6) is -3.28. The number of ketones is 1. The van der Waals surface area contributed by atoms with Gasteiger partial charge in [0.15, 0.2) is 12.2 Å². The van der Waals surface area contributed by atoms with Gasteiger partial charge in [-0.2, -0.15) is 0 Å². The molecule has 2 aromatic rings. The highest BCUT2D eigenvalue weighted by Crippen LogP contribution is 2.48. The van der Waals surface area contributed by atoms with Gasteiger partial charge in [0.05, 0.1) is 30.9 Å². The largest absolute Gasteiger partial charge is 0.507 e. The molecular weight excluding hydrogens is 496 g/mol. The fraction of sp³-hybridized carbons (Fsp3) is 0.393. The zero-order valence-corrected chi connectivity index (χ0v) is 21.7. The molecule has 202 valence electrons. The zero-order chi connectivity index (χ0) is 27.9. The van der Waals surface area contributed by atoms with Crippen molar-refractivity contribution in [1.82, 2.24) is 0 Å². The van der Waals surface area contributed by atoms with Crippen molar-refractivity contribution in [3.05, 3.63) is 63.7 Å². The van der Waals surface area contributed by atoms with Gasteiger partial charge in [0.1, 0.15) is 23.4 Å². The van der Waals surface area contributed by atoms with Crippen molar-refractivity contribution in [3.63, 3.8) is 0 Å². The van der Waals surface area contributed by atoms with Crippen LogP contribution in [0.3, 0.4) is 0 Å². The average Bonchev–Trinajstić information content (AvgIpc) is 2.80. The number of rotatable bonds is 5. The molecule has 5 atom stereocenters. The molecule has 0 unspecified atom stereocenters. The molecule has 2 aliphatic rings. The van der Waals surface area contributed by atoms with Gasteiger partial charge in [-0.1, -0.05) is 11.6 Å². The fourth-order valence-electron chi connectivity index (χ4n) is 5.13. The summed E-state index contributed by atoms with van der Waals surface area (Å²) in [4.78, 5) is 37.7. The second-order valence-electron chi connectivity index (χ2n) is 9.73. The Morgan fingerprint density at radius 1 is 1.00 bits per heavy atom. The van der Waals surface area contributed by atoms with Crippen molar-refractivity contribution < 1.29 is 48.7 Å². The van der Waals surface area contributed by atoms with E-state index < -0.39 is 48.1 Å². The van der Waals surface area contributed by atoms with E-state index in [0.29, 0.717) is 22.3 Å². The van der Waals surface area contributed by atoms with Crippen molar-refractivity contribution >= 4 is 17.7 Å². The molecular formula is C28H30O10. The first kappa shape index (κ1) is 27.2. The van der Waals surface area contributed by atoms with E-state index in [-0.39, 0.29) is 35.0 Å². The topological polar surface area (TPSA) is 149 Å². The van der Waals surface area contributed by atoms with Crippen LogP contribution in [0.2, 0.25) is 0 Å². The molecule has 0 amide bonds. The predicted molar refractivity (Wildman–Crippen MR) is 133 cm³/mol. The van der Waals surface area contributed by atoms with Gasteiger partial charge in [-0.05, 0) is 49.6 Å². The minimum Gasteiger partial charge on any atom is -0.507 e. The number of esters is 2. The van der Waals surface area contributed by atoms with E-state index >= 15 is 0 Å². The molecule has 1 heterocycles. The molecule has 0 bridgehead atoms. The quantitative estimate of drug-likeness (QED) is 0.392. The first-order chi connectivity index (χ1) is 17.9. The van der Waals surface area contributed by atoms with E-state index in [4.69, 9.17) is 18.9 Å². The molecule has 10 nitrogen and oxygen atoms in total. The Labute approximate surface area is 219 Å². The maximum Gasteiger partial charge on any atom is 0.331 e. The second-order valence-corrected chi connectivity index (χ2v) is 9.73. The Morgan fingerprint density at radius 3 is 2.24 bits per heavy atom. The second kappa shape index (κ2) is 10.5. The molecule has 0 radical (unpaired) electrons. The molecule has 0 aromatic heterocycles. The first-order valence-electron chi connectivity index (χ1n) is 12.0. The smallest absolute Gasteiger partial charge is 0.331 e. The van der Waals surface area contributed by atoms with E-state index in [2.05, 4.69) is 0 Å². The summed E-state index contributed by atoms with van der Waals surface area (Å²) in [5.41, 5.74) is 1.86. The fourth-order valence-corrected chi connectivity index (χ4v) is 5.13. The molecule has 10 heteroatoms. The van der Waals surface area contributed by atoms with Crippen LogP contribution in [0.1, 0.15) is 59.3 Å². The Morgan fingerprint density at radius 2 is 1.63 bits per heavy atom. The highest BCUT2D eigenvalue weighted by atomic mass is 16.6. The van der Waals surface area contributed by atoms with Gasteiger partial charge in [-0.3, -0.25) is 9.59 Å². The summed E-state index contributed by atoms with van der Waals surface area (Å²) < 4.78 is 22.2. The molecule has 1 fully saturated rings. The molecule has 1 aliphatic heterocycles. The number of hydrogen-bond donors (Lipinski definition) is 3. The molecule has 38 heavy (non-hydrogen) atoms. The minimum absolute atomic E-state index is 0.0374. The Bertz CT molecular complexity index is 1320. The SMILES string of the molecule is COc1cc(O)c2c(c1)[C@H]([C@@H]1OC[C@@H](OC(C)=O)[C@@H](OC(=O)C=C(C)C)[C@@H]1O)c1cc(C)cc(O)c1C2=O. The number of aryl methyl sites for hydroxylation is 1. The summed E-state index contributed by atoms with van der Waals surface area (Å²) in [6, 6.07) is 5.95. The summed E-state index contributed by atoms with van der Waals surface area (Å²) >= 11 is 0. The van der Waals surface area contributed by atoms with Gasteiger partial charge in [0.25, 0.3) is 0 Å². The zero-order valence-electron chi connectivity index (χ0n) is 21.7. The van der Waals surface area contributed by atoms with Gasteiger partial charge >= 0.3 is 11.9 Å². The number of aliphatic hydroxyl groups is 1. The summed E-state index contributed by atoms with van der Waals surface area (Å²) in [5, 5.41) is 33.1. The van der Waals surface area contributed by atoms with Gasteiger partial charge in [-0.15, -0.1) is 0 Å². The van der Waals surface area contributed by atoms with Crippen LogP contribution >= 0.6 is 0 Å². The van der Waals surface area contributed by atoms with Gasteiger partial charge in [0, 0.05) is 25.0 Å². The van der Waals surface area contributed by atoms with Crippen LogP contribution < -0.4 is 4.74 Å². The number of allylic oxidation sites excluding steroid dienone is 1.